The summed E-state index contributed by atoms with van der Waals surface area (Å²) in [5, 5.41) is 3.19. The molecule has 0 radical (unpaired) electrons. The number of carbonyl (C=O) groups excluding carboxylic acids is 1. The van der Waals surface area contributed by atoms with E-state index in [0.29, 0.717) is 12.5 Å². The van der Waals surface area contributed by atoms with Crippen LogP contribution in [0.25, 0.3) is 0 Å². The van der Waals surface area contributed by atoms with Crippen molar-refractivity contribution in [2.24, 2.45) is 0 Å². The first-order valence-corrected chi connectivity index (χ1v) is 7.46. The lowest BCUT2D eigenvalue weighted by atomic mass is 10.0. The molecule has 0 saturated carbocycles. The largest absolute Gasteiger partial charge is 0.444 e. The molecule has 0 bridgehead atoms. The van der Waals surface area contributed by atoms with Gasteiger partial charge in [-0.3, -0.25) is 0 Å². The lowest BCUT2D eigenvalue weighted by molar-refractivity contribution is 0.0114. The fourth-order valence-corrected chi connectivity index (χ4v) is 2.37. The highest BCUT2D eigenvalue weighted by Crippen LogP contribution is 2.20. The van der Waals surface area contributed by atoms with Crippen LogP contribution in [-0.2, 0) is 4.74 Å². The number of carbonyl (C=O) groups is 1. The van der Waals surface area contributed by atoms with Gasteiger partial charge in [-0.2, -0.15) is 0 Å². The van der Waals surface area contributed by atoms with E-state index in [1.54, 1.807) is 18.5 Å². The van der Waals surface area contributed by atoms with E-state index in [2.05, 4.69) is 15.3 Å². The van der Waals surface area contributed by atoms with Crippen molar-refractivity contribution >= 4 is 12.0 Å². The molecule has 116 valence electrons. The summed E-state index contributed by atoms with van der Waals surface area (Å²) in [6, 6.07) is 1.90. The summed E-state index contributed by atoms with van der Waals surface area (Å²) < 4.78 is 5.49. The van der Waals surface area contributed by atoms with Crippen molar-refractivity contribution in [1.82, 2.24) is 14.9 Å². The molecule has 1 amide bonds. The van der Waals surface area contributed by atoms with Gasteiger partial charge in [0, 0.05) is 25.5 Å². The molecule has 2 heterocycles. The van der Waals surface area contributed by atoms with Gasteiger partial charge in [-0.15, -0.1) is 0 Å². The van der Waals surface area contributed by atoms with Gasteiger partial charge < -0.3 is 15.0 Å². The molecule has 0 aliphatic carbocycles. The summed E-state index contributed by atoms with van der Waals surface area (Å²) in [5.74, 6) is 0.590. The van der Waals surface area contributed by atoms with Crippen LogP contribution in [-0.4, -0.2) is 45.7 Å². The molecule has 6 heteroatoms. The average molecular weight is 292 g/mol. The molecule has 6 nitrogen and oxygen atoms in total. The third-order valence-corrected chi connectivity index (χ3v) is 3.32. The first-order valence-electron chi connectivity index (χ1n) is 7.46. The zero-order valence-corrected chi connectivity index (χ0v) is 13.0. The van der Waals surface area contributed by atoms with E-state index in [0.717, 1.165) is 25.8 Å². The van der Waals surface area contributed by atoms with E-state index in [-0.39, 0.29) is 12.1 Å². The molecule has 1 aliphatic heterocycles. The minimum absolute atomic E-state index is 0.123. The molecule has 21 heavy (non-hydrogen) atoms. The second-order valence-corrected chi connectivity index (χ2v) is 6.28. The molecule has 1 atom stereocenters. The number of ether oxygens (including phenoxy) is 1. The number of likely N-dealkylation sites (tertiary alicyclic amines) is 1. The summed E-state index contributed by atoms with van der Waals surface area (Å²) in [7, 11) is 0. The first-order chi connectivity index (χ1) is 9.96. The van der Waals surface area contributed by atoms with Crippen molar-refractivity contribution in [1.29, 1.82) is 0 Å². The maximum absolute atomic E-state index is 12.3. The number of nitrogens with zero attached hydrogens (tertiary/aromatic N) is 3. The molecule has 1 fully saturated rings. The molecule has 1 saturated heterocycles. The molecule has 0 spiro atoms. The monoisotopic (exact) mass is 292 g/mol. The smallest absolute Gasteiger partial charge is 0.410 e. The van der Waals surface area contributed by atoms with Crippen LogP contribution in [0, 0.1) is 0 Å². The standard InChI is InChI=1S/C15H24N4O2/c1-15(2,3)21-14(20)19-10-5-4-7-12(19)11-18-13-16-8-6-9-17-13/h6,8-9,12H,4-5,7,10-11H2,1-3H3,(H,16,17,18)/t12-/m1/s1. The Labute approximate surface area is 125 Å². The number of rotatable bonds is 3. The van der Waals surface area contributed by atoms with Crippen LogP contribution < -0.4 is 5.32 Å². The average Bonchev–Trinajstić information content (AvgIpc) is 2.45. The maximum Gasteiger partial charge on any atom is 0.410 e. The van der Waals surface area contributed by atoms with E-state index >= 15 is 0 Å². The van der Waals surface area contributed by atoms with E-state index in [4.69, 9.17) is 4.74 Å². The second kappa shape index (κ2) is 6.74. The Hall–Kier alpha value is -1.85. The van der Waals surface area contributed by atoms with Crippen LogP contribution in [0.3, 0.4) is 0 Å². The fraction of sp³-hybridized carbons (Fsp3) is 0.667. The summed E-state index contributed by atoms with van der Waals surface area (Å²) in [4.78, 5) is 22.4. The van der Waals surface area contributed by atoms with Crippen LogP contribution in [0.1, 0.15) is 40.0 Å². The van der Waals surface area contributed by atoms with Crippen LogP contribution in [0.15, 0.2) is 18.5 Å². The normalized spacial score (nSPS) is 19.2. The van der Waals surface area contributed by atoms with E-state index in [1.807, 2.05) is 25.7 Å². The number of nitrogens with one attached hydrogen (secondary N) is 1. The van der Waals surface area contributed by atoms with Gasteiger partial charge in [-0.05, 0) is 46.1 Å². The van der Waals surface area contributed by atoms with Gasteiger partial charge >= 0.3 is 6.09 Å². The number of hydrogen-bond acceptors (Lipinski definition) is 5. The van der Waals surface area contributed by atoms with Gasteiger partial charge in [0.05, 0.1) is 6.04 Å². The predicted molar refractivity (Wildman–Crippen MR) is 81.1 cm³/mol. The summed E-state index contributed by atoms with van der Waals surface area (Å²) >= 11 is 0. The number of aromatic nitrogens is 2. The van der Waals surface area contributed by atoms with Crippen molar-refractivity contribution < 1.29 is 9.53 Å². The Bertz CT molecular complexity index is 458. The summed E-state index contributed by atoms with van der Waals surface area (Å²) in [6.07, 6.45) is 6.28. The van der Waals surface area contributed by atoms with Crippen LogP contribution in [0.2, 0.25) is 0 Å². The van der Waals surface area contributed by atoms with Gasteiger partial charge in [-0.25, -0.2) is 14.8 Å². The Kier molecular flexibility index (Phi) is 4.98. The van der Waals surface area contributed by atoms with Gasteiger partial charge in [0.1, 0.15) is 5.60 Å². The van der Waals surface area contributed by atoms with Gasteiger partial charge in [0.25, 0.3) is 0 Å². The highest BCUT2D eigenvalue weighted by molar-refractivity contribution is 5.68. The fourth-order valence-electron chi connectivity index (χ4n) is 2.37. The maximum atomic E-state index is 12.3. The Morgan fingerprint density at radius 3 is 2.76 bits per heavy atom. The SMILES string of the molecule is CC(C)(C)OC(=O)N1CCCC[C@@H]1CNc1ncccn1. The Morgan fingerprint density at radius 1 is 1.38 bits per heavy atom. The first kappa shape index (κ1) is 15.5. The zero-order chi connectivity index (χ0) is 15.3. The molecular weight excluding hydrogens is 268 g/mol. The third kappa shape index (κ3) is 4.88. The highest BCUT2D eigenvalue weighted by Gasteiger charge is 2.30. The quantitative estimate of drug-likeness (QED) is 0.927. The van der Waals surface area contributed by atoms with Crippen molar-refractivity contribution in [2.75, 3.05) is 18.4 Å². The minimum Gasteiger partial charge on any atom is -0.444 e. The van der Waals surface area contributed by atoms with E-state index in [9.17, 15) is 4.79 Å². The Morgan fingerprint density at radius 2 is 2.10 bits per heavy atom. The topological polar surface area (TPSA) is 67.3 Å². The molecule has 1 N–H and O–H groups in total. The zero-order valence-electron chi connectivity index (χ0n) is 13.0. The molecule has 1 aromatic heterocycles. The number of amides is 1. The van der Waals surface area contributed by atoms with E-state index < -0.39 is 5.60 Å². The number of piperidine rings is 1. The molecule has 1 aliphatic rings. The number of anilines is 1. The van der Waals surface area contributed by atoms with Gasteiger partial charge in [-0.1, -0.05) is 0 Å². The molecule has 1 aromatic rings. The molecule has 0 aromatic carbocycles. The van der Waals surface area contributed by atoms with Crippen LogP contribution in [0.5, 0.6) is 0 Å². The Balaban J connectivity index is 1.94. The number of hydrogen-bond donors (Lipinski definition) is 1. The van der Waals surface area contributed by atoms with Crippen LogP contribution >= 0.6 is 0 Å². The lowest BCUT2D eigenvalue weighted by Gasteiger charge is -2.36. The predicted octanol–water partition coefficient (Wildman–Crippen LogP) is 2.68. The summed E-state index contributed by atoms with van der Waals surface area (Å²) in [5.41, 5.74) is -0.463. The van der Waals surface area contributed by atoms with Crippen molar-refractivity contribution in [3.05, 3.63) is 18.5 Å². The molecule has 2 rings (SSSR count). The van der Waals surface area contributed by atoms with Crippen molar-refractivity contribution in [2.45, 2.75) is 51.7 Å². The van der Waals surface area contributed by atoms with Gasteiger partial charge in [0.15, 0.2) is 0 Å². The van der Waals surface area contributed by atoms with Gasteiger partial charge in [0.2, 0.25) is 5.95 Å². The van der Waals surface area contributed by atoms with Crippen molar-refractivity contribution in [3.63, 3.8) is 0 Å². The third-order valence-electron chi connectivity index (χ3n) is 3.32. The van der Waals surface area contributed by atoms with E-state index in [1.165, 1.54) is 0 Å². The second-order valence-electron chi connectivity index (χ2n) is 6.28. The van der Waals surface area contributed by atoms with Crippen LogP contribution in [0.4, 0.5) is 10.7 Å². The highest BCUT2D eigenvalue weighted by atomic mass is 16.6. The molecule has 0 unspecified atom stereocenters. The minimum atomic E-state index is -0.463. The molecular formula is C15H24N4O2. The summed E-state index contributed by atoms with van der Waals surface area (Å²) in [6.45, 7) is 7.06. The lowest BCUT2D eigenvalue weighted by Crippen LogP contribution is -2.49. The van der Waals surface area contributed by atoms with Crippen molar-refractivity contribution in [3.8, 4) is 0 Å².